The van der Waals surface area contributed by atoms with Crippen LogP contribution in [-0.2, 0) is 11.2 Å². The Morgan fingerprint density at radius 1 is 1.43 bits per heavy atom. The second kappa shape index (κ2) is 7.10. The number of carbonyl (C=O) groups is 1. The minimum Gasteiger partial charge on any atom is -0.314 e. The van der Waals surface area contributed by atoms with Gasteiger partial charge in [-0.1, -0.05) is 18.6 Å². The first-order valence-corrected chi connectivity index (χ1v) is 7.74. The quantitative estimate of drug-likeness (QED) is 0.846. The molecule has 1 aliphatic rings. The zero-order chi connectivity index (χ0) is 15.7. The van der Waals surface area contributed by atoms with Gasteiger partial charge in [-0.15, -0.1) is 0 Å². The van der Waals surface area contributed by atoms with Crippen LogP contribution in [0.15, 0.2) is 17.0 Å². The number of nitrogens with one attached hydrogen (secondary N) is 1. The van der Waals surface area contributed by atoms with E-state index in [-0.39, 0.29) is 13.3 Å². The fraction of sp³-hybridized carbons (Fsp3) is 0.467. The first-order valence-electron chi connectivity index (χ1n) is 6.99. The zero-order valence-corrected chi connectivity index (χ0v) is 13.5. The number of aromatic nitrogens is 4. The van der Waals surface area contributed by atoms with E-state index in [1.807, 2.05) is 19.1 Å². The summed E-state index contributed by atoms with van der Waals surface area (Å²) in [5, 5.41) is 13.7. The van der Waals surface area contributed by atoms with Gasteiger partial charge in [0.2, 0.25) is 5.95 Å². The van der Waals surface area contributed by atoms with E-state index in [0.29, 0.717) is 17.4 Å². The van der Waals surface area contributed by atoms with Crippen LogP contribution in [0.3, 0.4) is 0 Å². The normalized spacial score (nSPS) is 13.5. The Hall–Kier alpha value is -1.93. The summed E-state index contributed by atoms with van der Waals surface area (Å²) in [6, 6.07) is 3.89. The minimum absolute atomic E-state index is 0. The van der Waals surface area contributed by atoms with Gasteiger partial charge in [0.1, 0.15) is 0 Å². The van der Waals surface area contributed by atoms with Crippen molar-refractivity contribution >= 4 is 23.9 Å². The second-order valence-corrected chi connectivity index (χ2v) is 6.17. The number of amides is 1. The number of hydrogen-bond donors (Lipinski definition) is 1. The molecular formula is C15H21N5O2S. The lowest BCUT2D eigenvalue weighted by molar-refractivity contribution is 0.102. The Labute approximate surface area is 140 Å². The highest BCUT2D eigenvalue weighted by atomic mass is 32.2. The Morgan fingerprint density at radius 2 is 2.17 bits per heavy atom. The average molecular weight is 335 g/mol. The molecule has 1 saturated carbocycles. The molecule has 1 heterocycles. The molecule has 8 heteroatoms. The number of anilines is 1. The van der Waals surface area contributed by atoms with Crippen molar-refractivity contribution in [1.82, 2.24) is 20.2 Å². The summed E-state index contributed by atoms with van der Waals surface area (Å²) in [5.41, 5.74) is 2.79. The van der Waals surface area contributed by atoms with Crippen molar-refractivity contribution in [3.63, 3.8) is 0 Å². The first kappa shape index (κ1) is 17.4. The number of nitrogens with zero attached hydrogens (tertiary/aromatic N) is 4. The van der Waals surface area contributed by atoms with Crippen LogP contribution in [0.2, 0.25) is 0 Å². The van der Waals surface area contributed by atoms with Gasteiger partial charge in [0.15, 0.2) is 0 Å². The molecule has 1 N–H and O–H groups in total. The van der Waals surface area contributed by atoms with Crippen molar-refractivity contribution in [3.05, 3.63) is 28.8 Å². The predicted octanol–water partition coefficient (Wildman–Crippen LogP) is 2.94. The molecule has 1 aromatic heterocycles. The van der Waals surface area contributed by atoms with E-state index < -0.39 is 0 Å². The first-order chi connectivity index (χ1) is 10.6. The van der Waals surface area contributed by atoms with E-state index in [1.165, 1.54) is 35.1 Å². The van der Waals surface area contributed by atoms with E-state index in [9.17, 15) is 4.79 Å². The average Bonchev–Trinajstić information content (AvgIpc) is 3.26. The van der Waals surface area contributed by atoms with Gasteiger partial charge in [0.05, 0.1) is 7.11 Å². The molecule has 0 aliphatic heterocycles. The van der Waals surface area contributed by atoms with Crippen molar-refractivity contribution in [2.45, 2.75) is 38.0 Å². The third kappa shape index (κ3) is 3.53. The van der Waals surface area contributed by atoms with Gasteiger partial charge in [-0.05, 0) is 53.3 Å². The number of tetrazole rings is 1. The van der Waals surface area contributed by atoms with E-state index in [2.05, 4.69) is 20.8 Å². The Balaban J connectivity index is 0.00000192. The van der Waals surface area contributed by atoms with Crippen molar-refractivity contribution in [2.75, 3.05) is 12.4 Å². The van der Waals surface area contributed by atoms with Gasteiger partial charge in [-0.3, -0.25) is 10.1 Å². The van der Waals surface area contributed by atoms with Gasteiger partial charge in [0.25, 0.3) is 5.91 Å². The highest BCUT2D eigenvalue weighted by molar-refractivity contribution is 7.94. The van der Waals surface area contributed by atoms with Crippen LogP contribution >= 0.6 is 12.0 Å². The third-order valence-electron chi connectivity index (χ3n) is 3.71. The summed E-state index contributed by atoms with van der Waals surface area (Å²) < 4.78 is 6.65. The van der Waals surface area contributed by atoms with Crippen LogP contribution in [0.1, 0.15) is 47.7 Å². The van der Waals surface area contributed by atoms with Crippen LogP contribution < -0.4 is 5.32 Å². The number of carbonyl (C=O) groups excluding carboxylic acids is 1. The zero-order valence-electron chi connectivity index (χ0n) is 12.7. The summed E-state index contributed by atoms with van der Waals surface area (Å²) in [5.74, 6) is 0.684. The van der Waals surface area contributed by atoms with Gasteiger partial charge in [-0.2, -0.15) is 0 Å². The monoisotopic (exact) mass is 335 g/mol. The lowest BCUT2D eigenvalue weighted by Gasteiger charge is -2.14. The Bertz CT molecular complexity index is 712. The fourth-order valence-electron chi connectivity index (χ4n) is 2.37. The lowest BCUT2D eigenvalue weighted by atomic mass is 10.0. The van der Waals surface area contributed by atoms with Crippen LogP contribution in [0.4, 0.5) is 5.95 Å². The summed E-state index contributed by atoms with van der Waals surface area (Å²) >= 11 is 1.31. The molecule has 0 unspecified atom stereocenters. The number of benzene rings is 1. The molecule has 1 amide bonds. The molecule has 1 fully saturated rings. The molecule has 1 aliphatic carbocycles. The molecular weight excluding hydrogens is 314 g/mol. The molecule has 0 saturated heterocycles. The number of aryl methyl sites for hydroxylation is 1. The minimum atomic E-state index is -0.226. The lowest BCUT2D eigenvalue weighted by Crippen LogP contribution is -2.17. The maximum Gasteiger partial charge on any atom is 0.258 e. The second-order valence-electron chi connectivity index (χ2n) is 5.26. The summed E-state index contributed by atoms with van der Waals surface area (Å²) in [4.78, 5) is 13.5. The topological polar surface area (TPSA) is 81.9 Å². The molecule has 1 aromatic carbocycles. The molecule has 0 spiro atoms. The fourth-order valence-corrected chi connectivity index (χ4v) is 3.11. The SMILES string of the molecule is C.COSc1c(C2CC2)ccc(C(=O)Nc2nnnn2C)c1C. The van der Waals surface area contributed by atoms with Gasteiger partial charge >= 0.3 is 0 Å². The number of hydrogen-bond acceptors (Lipinski definition) is 6. The van der Waals surface area contributed by atoms with Crippen LogP contribution in [0, 0.1) is 6.92 Å². The van der Waals surface area contributed by atoms with E-state index >= 15 is 0 Å². The predicted molar refractivity (Wildman–Crippen MR) is 89.5 cm³/mol. The molecule has 0 bridgehead atoms. The van der Waals surface area contributed by atoms with Crippen molar-refractivity contribution in [3.8, 4) is 0 Å². The van der Waals surface area contributed by atoms with Gasteiger partial charge < -0.3 is 4.18 Å². The number of rotatable bonds is 5. The molecule has 0 atom stereocenters. The standard InChI is InChI=1S/C14H17N5O2S.CH4/c1-8-10(13(20)15-14-16-17-18-19(14)2)6-7-11(9-4-5-9)12(8)22-21-3;/h6-7,9H,4-5H2,1-3H3,(H,15,16,18,20);1H4. The largest absolute Gasteiger partial charge is 0.314 e. The molecule has 23 heavy (non-hydrogen) atoms. The molecule has 3 rings (SSSR count). The van der Waals surface area contributed by atoms with Crippen LogP contribution in [0.25, 0.3) is 0 Å². The van der Waals surface area contributed by atoms with Crippen LogP contribution in [0.5, 0.6) is 0 Å². The maximum absolute atomic E-state index is 12.5. The van der Waals surface area contributed by atoms with Crippen molar-refractivity contribution in [2.24, 2.45) is 7.05 Å². The van der Waals surface area contributed by atoms with Crippen molar-refractivity contribution in [1.29, 1.82) is 0 Å². The molecule has 124 valence electrons. The smallest absolute Gasteiger partial charge is 0.258 e. The van der Waals surface area contributed by atoms with E-state index in [4.69, 9.17) is 4.18 Å². The van der Waals surface area contributed by atoms with Gasteiger partial charge in [-0.25, -0.2) is 4.68 Å². The summed E-state index contributed by atoms with van der Waals surface area (Å²) in [6.45, 7) is 1.94. The summed E-state index contributed by atoms with van der Waals surface area (Å²) in [7, 11) is 3.31. The molecule has 7 nitrogen and oxygen atoms in total. The third-order valence-corrected chi connectivity index (χ3v) is 4.59. The molecule has 2 aromatic rings. The van der Waals surface area contributed by atoms with E-state index in [0.717, 1.165) is 10.5 Å². The van der Waals surface area contributed by atoms with Gasteiger partial charge in [0, 0.05) is 29.5 Å². The highest BCUT2D eigenvalue weighted by Gasteiger charge is 2.28. The molecule has 0 radical (unpaired) electrons. The maximum atomic E-state index is 12.5. The highest BCUT2D eigenvalue weighted by Crippen LogP contribution is 2.45. The van der Waals surface area contributed by atoms with Crippen LogP contribution in [-0.4, -0.2) is 33.2 Å². The Kier molecular flexibility index (Phi) is 5.38. The Morgan fingerprint density at radius 3 is 2.74 bits per heavy atom. The van der Waals surface area contributed by atoms with E-state index in [1.54, 1.807) is 14.2 Å². The summed E-state index contributed by atoms with van der Waals surface area (Å²) in [6.07, 6.45) is 2.40. The van der Waals surface area contributed by atoms with Crippen molar-refractivity contribution < 1.29 is 8.98 Å².